The lowest BCUT2D eigenvalue weighted by molar-refractivity contribution is 0.174. The average Bonchev–Trinajstić information content (AvgIpc) is 3.33. The minimum absolute atomic E-state index is 0.105. The first-order valence-corrected chi connectivity index (χ1v) is 8.51. The van der Waals surface area contributed by atoms with E-state index < -0.39 is 6.09 Å². The van der Waals surface area contributed by atoms with Crippen molar-refractivity contribution in [1.82, 2.24) is 15.3 Å². The summed E-state index contributed by atoms with van der Waals surface area (Å²) in [7, 11) is 0. The number of carbonyl (C=O) groups is 1. The van der Waals surface area contributed by atoms with Crippen LogP contribution in [-0.2, 0) is 6.54 Å². The van der Waals surface area contributed by atoms with Crippen LogP contribution in [0.3, 0.4) is 0 Å². The van der Waals surface area contributed by atoms with Gasteiger partial charge in [-0.15, -0.1) is 11.3 Å². The molecule has 4 rings (SSSR count). The van der Waals surface area contributed by atoms with Crippen molar-refractivity contribution in [2.24, 2.45) is 0 Å². The maximum Gasteiger partial charge on any atom is 0.413 e. The zero-order valence-electron chi connectivity index (χ0n) is 13.4. The van der Waals surface area contributed by atoms with Crippen LogP contribution in [-0.4, -0.2) is 22.9 Å². The topological polar surface area (TPSA) is 91.8 Å². The second-order valence-electron chi connectivity index (χ2n) is 5.13. The molecule has 0 unspecified atom stereocenters. The molecule has 3 heterocycles. The fourth-order valence-corrected chi connectivity index (χ4v) is 2.86. The van der Waals surface area contributed by atoms with Crippen molar-refractivity contribution in [1.29, 1.82) is 0 Å². The standard InChI is InChI=1S/C17H13N3O5S/c21-17(19-7-12-2-1-5-26-12)25-15-8-18-9-20-16(15)24-11-3-4-13-14(6-11)23-10-22-13/h1-6,8-9H,7,10H2,(H,19,21). The zero-order chi connectivity index (χ0) is 17.8. The fourth-order valence-electron chi connectivity index (χ4n) is 2.21. The van der Waals surface area contributed by atoms with Crippen LogP contribution in [0, 0.1) is 0 Å². The summed E-state index contributed by atoms with van der Waals surface area (Å²) in [5.41, 5.74) is 0. The van der Waals surface area contributed by atoms with E-state index in [2.05, 4.69) is 15.3 Å². The molecular weight excluding hydrogens is 358 g/mol. The van der Waals surface area contributed by atoms with Gasteiger partial charge in [-0.2, -0.15) is 4.98 Å². The van der Waals surface area contributed by atoms with Gasteiger partial charge in [-0.05, 0) is 23.6 Å². The van der Waals surface area contributed by atoms with Crippen LogP contribution in [0.15, 0.2) is 48.2 Å². The van der Waals surface area contributed by atoms with Gasteiger partial charge in [0.25, 0.3) is 5.88 Å². The van der Waals surface area contributed by atoms with Crippen molar-refractivity contribution in [3.63, 3.8) is 0 Å². The average molecular weight is 371 g/mol. The highest BCUT2D eigenvalue weighted by Gasteiger charge is 2.17. The Balaban J connectivity index is 1.43. The molecule has 1 aliphatic rings. The number of fused-ring (bicyclic) bond motifs is 1. The van der Waals surface area contributed by atoms with E-state index in [1.54, 1.807) is 29.5 Å². The molecule has 0 fully saturated rings. The second-order valence-corrected chi connectivity index (χ2v) is 6.16. The molecule has 0 bridgehead atoms. The Bertz CT molecular complexity index is 917. The molecule has 8 nitrogen and oxygen atoms in total. The van der Waals surface area contributed by atoms with Crippen molar-refractivity contribution in [2.45, 2.75) is 6.54 Å². The Morgan fingerprint density at radius 3 is 3.08 bits per heavy atom. The van der Waals surface area contributed by atoms with Crippen LogP contribution in [0.1, 0.15) is 4.88 Å². The molecule has 0 spiro atoms. The molecule has 0 radical (unpaired) electrons. The lowest BCUT2D eigenvalue weighted by Crippen LogP contribution is -2.26. The van der Waals surface area contributed by atoms with Gasteiger partial charge in [0.15, 0.2) is 11.5 Å². The lowest BCUT2D eigenvalue weighted by Gasteiger charge is -2.10. The summed E-state index contributed by atoms with van der Waals surface area (Å²) in [5, 5.41) is 4.60. The number of ether oxygens (including phenoxy) is 4. The maximum atomic E-state index is 12.0. The molecule has 1 N–H and O–H groups in total. The molecular formula is C17H13N3O5S. The van der Waals surface area contributed by atoms with E-state index in [0.29, 0.717) is 23.8 Å². The van der Waals surface area contributed by atoms with Gasteiger partial charge in [-0.3, -0.25) is 0 Å². The van der Waals surface area contributed by atoms with Gasteiger partial charge < -0.3 is 24.3 Å². The molecule has 0 aliphatic carbocycles. The summed E-state index contributed by atoms with van der Waals surface area (Å²) >= 11 is 1.54. The van der Waals surface area contributed by atoms with E-state index in [0.717, 1.165) is 4.88 Å². The third-order valence-corrected chi connectivity index (χ3v) is 4.27. The van der Waals surface area contributed by atoms with Crippen LogP contribution in [0.4, 0.5) is 4.79 Å². The number of aromatic nitrogens is 2. The van der Waals surface area contributed by atoms with E-state index >= 15 is 0 Å². The summed E-state index contributed by atoms with van der Waals surface area (Å²) in [6.45, 7) is 0.549. The zero-order valence-corrected chi connectivity index (χ0v) is 14.2. The smallest absolute Gasteiger partial charge is 0.413 e. The van der Waals surface area contributed by atoms with Crippen LogP contribution in [0.2, 0.25) is 0 Å². The fraction of sp³-hybridized carbons (Fsp3) is 0.118. The molecule has 0 atom stereocenters. The molecule has 3 aromatic rings. The number of nitrogens with one attached hydrogen (secondary N) is 1. The maximum absolute atomic E-state index is 12.0. The van der Waals surface area contributed by atoms with Crippen molar-refractivity contribution >= 4 is 17.4 Å². The third kappa shape index (κ3) is 3.67. The number of nitrogens with zero attached hydrogens (tertiary/aromatic N) is 2. The third-order valence-electron chi connectivity index (χ3n) is 3.39. The van der Waals surface area contributed by atoms with Gasteiger partial charge in [0.1, 0.15) is 12.1 Å². The first-order valence-electron chi connectivity index (χ1n) is 7.63. The Morgan fingerprint density at radius 1 is 1.27 bits per heavy atom. The summed E-state index contributed by atoms with van der Waals surface area (Å²) < 4.78 is 21.5. The molecule has 1 aromatic carbocycles. The highest BCUT2D eigenvalue weighted by Crippen LogP contribution is 2.37. The van der Waals surface area contributed by atoms with Crippen molar-refractivity contribution in [3.05, 3.63) is 53.1 Å². The van der Waals surface area contributed by atoms with Gasteiger partial charge in [0, 0.05) is 10.9 Å². The van der Waals surface area contributed by atoms with Crippen LogP contribution >= 0.6 is 11.3 Å². The van der Waals surface area contributed by atoms with Crippen molar-refractivity contribution in [2.75, 3.05) is 6.79 Å². The van der Waals surface area contributed by atoms with Crippen LogP contribution < -0.4 is 24.3 Å². The largest absolute Gasteiger partial charge is 0.454 e. The van der Waals surface area contributed by atoms with Crippen molar-refractivity contribution < 1.29 is 23.7 Å². The summed E-state index contributed by atoms with van der Waals surface area (Å²) in [5.74, 6) is 1.91. The summed E-state index contributed by atoms with van der Waals surface area (Å²) in [6.07, 6.45) is 2.04. The molecule has 0 saturated heterocycles. The first kappa shape index (κ1) is 16.2. The van der Waals surface area contributed by atoms with E-state index in [9.17, 15) is 4.79 Å². The number of amides is 1. The number of carbonyl (C=O) groups excluding carboxylic acids is 1. The second kappa shape index (κ2) is 7.28. The number of thiophene rings is 1. The highest BCUT2D eigenvalue weighted by atomic mass is 32.1. The Labute approximate surface area is 152 Å². The van der Waals surface area contributed by atoms with Gasteiger partial charge in [-0.1, -0.05) is 6.07 Å². The Kier molecular flexibility index (Phi) is 4.52. The van der Waals surface area contributed by atoms with E-state index in [-0.39, 0.29) is 18.4 Å². The molecule has 1 aliphatic heterocycles. The number of hydrogen-bond donors (Lipinski definition) is 1. The SMILES string of the molecule is O=C(NCc1cccs1)Oc1cncnc1Oc1ccc2c(c1)OCO2. The normalized spacial score (nSPS) is 11.8. The van der Waals surface area contributed by atoms with Gasteiger partial charge >= 0.3 is 6.09 Å². The summed E-state index contributed by atoms with van der Waals surface area (Å²) in [4.78, 5) is 20.9. The molecule has 1 amide bonds. The quantitative estimate of drug-likeness (QED) is 0.735. The van der Waals surface area contributed by atoms with Gasteiger partial charge in [-0.25, -0.2) is 9.78 Å². The first-order chi connectivity index (χ1) is 12.8. The number of hydrogen-bond acceptors (Lipinski definition) is 8. The minimum atomic E-state index is -0.622. The predicted octanol–water partition coefficient (Wildman–Crippen LogP) is 3.35. The Morgan fingerprint density at radius 2 is 2.19 bits per heavy atom. The molecule has 132 valence electrons. The molecule has 9 heteroatoms. The molecule has 26 heavy (non-hydrogen) atoms. The predicted molar refractivity (Wildman–Crippen MR) is 91.9 cm³/mol. The highest BCUT2D eigenvalue weighted by molar-refractivity contribution is 7.09. The minimum Gasteiger partial charge on any atom is -0.454 e. The number of rotatable bonds is 5. The lowest BCUT2D eigenvalue weighted by atomic mass is 10.3. The van der Waals surface area contributed by atoms with Gasteiger partial charge in [0.2, 0.25) is 12.5 Å². The molecule has 0 saturated carbocycles. The molecule has 2 aromatic heterocycles. The van der Waals surface area contributed by atoms with Crippen LogP contribution in [0.5, 0.6) is 28.9 Å². The number of benzene rings is 1. The van der Waals surface area contributed by atoms with Crippen LogP contribution in [0.25, 0.3) is 0 Å². The monoisotopic (exact) mass is 371 g/mol. The van der Waals surface area contributed by atoms with Gasteiger partial charge in [0.05, 0.1) is 12.7 Å². The van der Waals surface area contributed by atoms with E-state index in [1.807, 2.05) is 17.5 Å². The Hall–Kier alpha value is -3.33. The van der Waals surface area contributed by atoms with E-state index in [1.165, 1.54) is 12.5 Å². The van der Waals surface area contributed by atoms with E-state index in [4.69, 9.17) is 18.9 Å². The van der Waals surface area contributed by atoms with Crippen molar-refractivity contribution in [3.8, 4) is 28.9 Å². The summed E-state index contributed by atoms with van der Waals surface area (Å²) in [6, 6.07) is 8.94.